The Morgan fingerprint density at radius 1 is 1.58 bits per heavy atom. The van der Waals surface area contributed by atoms with Crippen molar-refractivity contribution in [3.63, 3.8) is 0 Å². The second kappa shape index (κ2) is 7.59. The van der Waals surface area contributed by atoms with Crippen molar-refractivity contribution in [2.75, 3.05) is 6.61 Å². The molecule has 0 aliphatic rings. The van der Waals surface area contributed by atoms with Gasteiger partial charge in [0.15, 0.2) is 0 Å². The standard InChI is InChI=1S/C14H17NO3S/c1-4-12(11-6-7-19-9-11)13(15-10(3)16)8-14(17)18-5-2/h1,6-7,9,12-13H,5,8H2,2-3H3,(H,15,16)/t12-,13+/m1/s1. The lowest BCUT2D eigenvalue weighted by molar-refractivity contribution is -0.143. The lowest BCUT2D eigenvalue weighted by Gasteiger charge is -2.22. The number of hydrogen-bond acceptors (Lipinski definition) is 4. The van der Waals surface area contributed by atoms with Crippen LogP contribution in [0.4, 0.5) is 0 Å². The monoisotopic (exact) mass is 279 g/mol. The Labute approximate surface area is 117 Å². The first-order chi connectivity index (χ1) is 9.08. The minimum Gasteiger partial charge on any atom is -0.466 e. The zero-order valence-corrected chi connectivity index (χ0v) is 11.8. The highest BCUT2D eigenvalue weighted by Gasteiger charge is 2.25. The van der Waals surface area contributed by atoms with E-state index in [0.29, 0.717) is 6.61 Å². The second-order valence-electron chi connectivity index (χ2n) is 4.02. The molecule has 5 heteroatoms. The van der Waals surface area contributed by atoms with E-state index in [0.717, 1.165) is 5.56 Å². The number of terminal acetylenes is 1. The van der Waals surface area contributed by atoms with Gasteiger partial charge >= 0.3 is 5.97 Å². The summed E-state index contributed by atoms with van der Waals surface area (Å²) in [7, 11) is 0. The highest BCUT2D eigenvalue weighted by Crippen LogP contribution is 2.23. The summed E-state index contributed by atoms with van der Waals surface area (Å²) in [6, 6.07) is 1.45. The van der Waals surface area contributed by atoms with Crippen LogP contribution in [0.1, 0.15) is 31.7 Å². The van der Waals surface area contributed by atoms with Crippen molar-refractivity contribution in [3.05, 3.63) is 22.4 Å². The van der Waals surface area contributed by atoms with Gasteiger partial charge < -0.3 is 10.1 Å². The molecule has 0 unspecified atom stereocenters. The molecular weight excluding hydrogens is 262 g/mol. The van der Waals surface area contributed by atoms with Gasteiger partial charge in [-0.05, 0) is 29.3 Å². The Bertz CT molecular complexity index is 462. The average Bonchev–Trinajstić information content (AvgIpc) is 2.83. The topological polar surface area (TPSA) is 55.4 Å². The Kier molecular flexibility index (Phi) is 6.10. The quantitative estimate of drug-likeness (QED) is 0.639. The van der Waals surface area contributed by atoms with Crippen LogP contribution in [-0.4, -0.2) is 24.5 Å². The van der Waals surface area contributed by atoms with E-state index in [1.54, 1.807) is 6.92 Å². The summed E-state index contributed by atoms with van der Waals surface area (Å²) in [5, 5.41) is 6.56. The van der Waals surface area contributed by atoms with Gasteiger partial charge in [-0.15, -0.1) is 6.42 Å². The molecular formula is C14H17NO3S. The Morgan fingerprint density at radius 3 is 2.79 bits per heavy atom. The van der Waals surface area contributed by atoms with Gasteiger partial charge in [-0.3, -0.25) is 9.59 Å². The Morgan fingerprint density at radius 2 is 2.32 bits per heavy atom. The largest absolute Gasteiger partial charge is 0.466 e. The zero-order valence-electron chi connectivity index (χ0n) is 11.0. The highest BCUT2D eigenvalue weighted by molar-refractivity contribution is 7.08. The van der Waals surface area contributed by atoms with Gasteiger partial charge in [-0.1, -0.05) is 5.92 Å². The third-order valence-electron chi connectivity index (χ3n) is 2.56. The van der Waals surface area contributed by atoms with Crippen LogP contribution in [0.25, 0.3) is 0 Å². The van der Waals surface area contributed by atoms with Gasteiger partial charge in [-0.2, -0.15) is 11.3 Å². The van der Waals surface area contributed by atoms with E-state index in [1.807, 2.05) is 16.8 Å². The molecule has 2 atom stereocenters. The molecule has 0 radical (unpaired) electrons. The first kappa shape index (κ1) is 15.3. The van der Waals surface area contributed by atoms with E-state index < -0.39 is 6.04 Å². The molecule has 1 N–H and O–H groups in total. The predicted octanol–water partition coefficient (Wildman–Crippen LogP) is 1.92. The SMILES string of the molecule is C#C[C@H](c1ccsc1)[C@H](CC(=O)OCC)NC(C)=O. The summed E-state index contributed by atoms with van der Waals surface area (Å²) in [5.41, 5.74) is 0.926. The number of esters is 1. The highest BCUT2D eigenvalue weighted by atomic mass is 32.1. The number of hydrogen-bond donors (Lipinski definition) is 1. The molecule has 1 rings (SSSR count). The molecule has 19 heavy (non-hydrogen) atoms. The predicted molar refractivity (Wildman–Crippen MR) is 74.7 cm³/mol. The first-order valence-corrected chi connectivity index (χ1v) is 6.93. The van der Waals surface area contributed by atoms with Crippen molar-refractivity contribution in [1.29, 1.82) is 0 Å². The zero-order chi connectivity index (χ0) is 14.3. The molecule has 1 heterocycles. The van der Waals surface area contributed by atoms with E-state index in [9.17, 15) is 9.59 Å². The summed E-state index contributed by atoms with van der Waals surface area (Å²) in [4.78, 5) is 22.8. The third kappa shape index (κ3) is 4.76. The number of nitrogens with one attached hydrogen (secondary N) is 1. The van der Waals surface area contributed by atoms with Gasteiger partial charge in [0.05, 0.1) is 25.0 Å². The molecule has 0 aromatic carbocycles. The lowest BCUT2D eigenvalue weighted by atomic mass is 9.92. The van der Waals surface area contributed by atoms with Gasteiger partial charge in [-0.25, -0.2) is 0 Å². The number of rotatable bonds is 6. The maximum absolute atomic E-state index is 11.6. The third-order valence-corrected chi connectivity index (χ3v) is 3.27. The molecule has 0 saturated carbocycles. The minimum absolute atomic E-state index is 0.0676. The van der Waals surface area contributed by atoms with Crippen molar-refractivity contribution >= 4 is 23.2 Å². The number of carbonyl (C=O) groups is 2. The Hall–Kier alpha value is -1.80. The smallest absolute Gasteiger partial charge is 0.307 e. The van der Waals surface area contributed by atoms with Crippen molar-refractivity contribution in [2.24, 2.45) is 0 Å². The van der Waals surface area contributed by atoms with E-state index in [4.69, 9.17) is 11.2 Å². The van der Waals surface area contributed by atoms with Crippen LogP contribution in [0.15, 0.2) is 16.8 Å². The van der Waals surface area contributed by atoms with Crippen LogP contribution in [0, 0.1) is 12.3 Å². The van der Waals surface area contributed by atoms with Crippen LogP contribution in [0.5, 0.6) is 0 Å². The number of thiophene rings is 1. The molecule has 4 nitrogen and oxygen atoms in total. The Balaban J connectivity index is 2.85. The number of ether oxygens (including phenoxy) is 1. The van der Waals surface area contributed by atoms with Crippen LogP contribution >= 0.6 is 11.3 Å². The second-order valence-corrected chi connectivity index (χ2v) is 4.80. The van der Waals surface area contributed by atoms with Crippen LogP contribution in [0.2, 0.25) is 0 Å². The van der Waals surface area contributed by atoms with Crippen molar-refractivity contribution in [2.45, 2.75) is 32.2 Å². The van der Waals surface area contributed by atoms with Gasteiger partial charge in [0.1, 0.15) is 0 Å². The molecule has 0 aliphatic heterocycles. The van der Waals surface area contributed by atoms with Crippen LogP contribution < -0.4 is 5.32 Å². The molecule has 1 amide bonds. The molecule has 0 fully saturated rings. The maximum atomic E-state index is 11.6. The van der Waals surface area contributed by atoms with Crippen molar-refractivity contribution in [3.8, 4) is 12.3 Å². The molecule has 1 aromatic heterocycles. The first-order valence-electron chi connectivity index (χ1n) is 5.99. The minimum atomic E-state index is -0.448. The summed E-state index contributed by atoms with van der Waals surface area (Å²) < 4.78 is 4.91. The molecule has 0 saturated heterocycles. The summed E-state index contributed by atoms with van der Waals surface area (Å²) in [6.45, 7) is 3.45. The normalized spacial score (nSPS) is 13.1. The number of amides is 1. The molecule has 0 bridgehead atoms. The van der Waals surface area contributed by atoms with Crippen molar-refractivity contribution < 1.29 is 14.3 Å². The van der Waals surface area contributed by atoms with Crippen molar-refractivity contribution in [1.82, 2.24) is 5.32 Å². The van der Waals surface area contributed by atoms with E-state index in [1.165, 1.54) is 18.3 Å². The van der Waals surface area contributed by atoms with E-state index >= 15 is 0 Å². The average molecular weight is 279 g/mol. The van der Waals surface area contributed by atoms with E-state index in [2.05, 4.69) is 11.2 Å². The van der Waals surface area contributed by atoms with Crippen LogP contribution in [0.3, 0.4) is 0 Å². The van der Waals surface area contributed by atoms with E-state index in [-0.39, 0.29) is 24.2 Å². The molecule has 0 spiro atoms. The summed E-state index contributed by atoms with van der Waals surface area (Å²) in [6.07, 6.45) is 5.61. The molecule has 0 aliphatic carbocycles. The van der Waals surface area contributed by atoms with Crippen LogP contribution in [-0.2, 0) is 14.3 Å². The van der Waals surface area contributed by atoms with Gasteiger partial charge in [0.25, 0.3) is 0 Å². The van der Waals surface area contributed by atoms with Gasteiger partial charge in [0, 0.05) is 6.92 Å². The lowest BCUT2D eigenvalue weighted by Crippen LogP contribution is -2.39. The molecule has 1 aromatic rings. The van der Waals surface area contributed by atoms with Gasteiger partial charge in [0.2, 0.25) is 5.91 Å². The summed E-state index contributed by atoms with van der Waals surface area (Å²) >= 11 is 1.52. The fraction of sp³-hybridized carbons (Fsp3) is 0.429. The fourth-order valence-corrected chi connectivity index (χ4v) is 2.51. The summed E-state index contributed by atoms with van der Waals surface area (Å²) in [5.74, 6) is 1.73. The number of carbonyl (C=O) groups excluding carboxylic acids is 2. The fourth-order valence-electron chi connectivity index (χ4n) is 1.81. The maximum Gasteiger partial charge on any atom is 0.307 e. The molecule has 102 valence electrons.